The highest BCUT2D eigenvalue weighted by molar-refractivity contribution is 5.57. The smallest absolute Gasteiger partial charge is 0.382 e. The highest BCUT2D eigenvalue weighted by Gasteiger charge is 2.36. The van der Waals surface area contributed by atoms with Gasteiger partial charge < -0.3 is 5.32 Å². The number of nitrogens with one attached hydrogen (secondary N) is 1. The summed E-state index contributed by atoms with van der Waals surface area (Å²) in [7, 11) is 0. The molecule has 0 saturated heterocycles. The van der Waals surface area contributed by atoms with Crippen molar-refractivity contribution >= 4 is 11.4 Å². The van der Waals surface area contributed by atoms with E-state index in [4.69, 9.17) is 0 Å². The van der Waals surface area contributed by atoms with Gasteiger partial charge in [0, 0.05) is 23.9 Å². The predicted octanol–water partition coefficient (Wildman–Crippen LogP) is 4.60. The molecule has 1 aliphatic rings. The van der Waals surface area contributed by atoms with Crippen molar-refractivity contribution in [2.75, 3.05) is 5.32 Å². The van der Waals surface area contributed by atoms with Gasteiger partial charge in [0.05, 0.1) is 10.5 Å². The summed E-state index contributed by atoms with van der Waals surface area (Å²) in [5.41, 5.74) is -1.63. The van der Waals surface area contributed by atoms with Crippen molar-refractivity contribution in [2.45, 2.75) is 44.8 Å². The lowest BCUT2D eigenvalue weighted by Gasteiger charge is -2.23. The Hall–Kier alpha value is -1.79. The van der Waals surface area contributed by atoms with Gasteiger partial charge in [-0.2, -0.15) is 13.2 Å². The molecule has 1 saturated carbocycles. The molecule has 1 unspecified atom stereocenters. The minimum Gasteiger partial charge on any atom is -0.382 e. The summed E-state index contributed by atoms with van der Waals surface area (Å²) in [4.78, 5) is 9.82. The number of rotatable bonds is 4. The van der Waals surface area contributed by atoms with E-state index < -0.39 is 22.4 Å². The number of non-ortho nitro benzene ring substituents is 1. The molecule has 0 aliphatic heterocycles. The molecule has 1 aromatic carbocycles. The summed E-state index contributed by atoms with van der Waals surface area (Å²) in [5, 5.41) is 13.5. The second kappa shape index (κ2) is 5.91. The van der Waals surface area contributed by atoms with Crippen molar-refractivity contribution < 1.29 is 18.1 Å². The molecule has 0 spiro atoms. The van der Waals surface area contributed by atoms with Gasteiger partial charge in [-0.05, 0) is 31.7 Å². The normalized spacial score (nSPS) is 17.7. The topological polar surface area (TPSA) is 55.2 Å². The van der Waals surface area contributed by atoms with E-state index in [1.807, 2.05) is 6.92 Å². The highest BCUT2D eigenvalue weighted by atomic mass is 19.4. The van der Waals surface area contributed by atoms with Crippen LogP contribution < -0.4 is 5.32 Å². The number of halogens is 3. The average molecular weight is 302 g/mol. The Morgan fingerprint density at radius 2 is 1.95 bits per heavy atom. The fraction of sp³-hybridized carbons (Fsp3) is 0.571. The summed E-state index contributed by atoms with van der Waals surface area (Å²) >= 11 is 0. The van der Waals surface area contributed by atoms with E-state index in [2.05, 4.69) is 5.32 Å². The molecule has 116 valence electrons. The van der Waals surface area contributed by atoms with Crippen molar-refractivity contribution in [1.82, 2.24) is 0 Å². The van der Waals surface area contributed by atoms with E-state index in [0.29, 0.717) is 12.0 Å². The van der Waals surface area contributed by atoms with Crippen LogP contribution in [0.5, 0.6) is 0 Å². The zero-order valence-corrected chi connectivity index (χ0v) is 11.6. The maximum atomic E-state index is 13.1. The quantitative estimate of drug-likeness (QED) is 0.653. The number of anilines is 1. The van der Waals surface area contributed by atoms with Gasteiger partial charge in [0.15, 0.2) is 0 Å². The molecule has 0 aromatic heterocycles. The summed E-state index contributed by atoms with van der Waals surface area (Å²) in [5.74, 6) is 0.348. The van der Waals surface area contributed by atoms with Crippen LogP contribution in [0.15, 0.2) is 18.2 Å². The van der Waals surface area contributed by atoms with Gasteiger partial charge in [-0.15, -0.1) is 0 Å². The first kappa shape index (κ1) is 15.6. The first-order valence-corrected chi connectivity index (χ1v) is 6.91. The summed E-state index contributed by atoms with van der Waals surface area (Å²) in [6, 6.07) is 2.74. The minimum atomic E-state index is -4.62. The predicted molar refractivity (Wildman–Crippen MR) is 73.1 cm³/mol. The molecule has 0 amide bonds. The van der Waals surface area contributed by atoms with Gasteiger partial charge >= 0.3 is 6.18 Å². The third-order valence-corrected chi connectivity index (χ3v) is 4.01. The Morgan fingerprint density at radius 1 is 1.33 bits per heavy atom. The van der Waals surface area contributed by atoms with E-state index in [1.54, 1.807) is 0 Å². The van der Waals surface area contributed by atoms with Gasteiger partial charge in [0.2, 0.25) is 0 Å². The summed E-state index contributed by atoms with van der Waals surface area (Å²) in [6.45, 7) is 1.86. The fourth-order valence-electron chi connectivity index (χ4n) is 2.83. The van der Waals surface area contributed by atoms with Crippen molar-refractivity contribution in [3.8, 4) is 0 Å². The number of hydrogen-bond donors (Lipinski definition) is 1. The largest absolute Gasteiger partial charge is 0.418 e. The van der Waals surface area contributed by atoms with Gasteiger partial charge in [-0.1, -0.05) is 12.8 Å². The first-order valence-electron chi connectivity index (χ1n) is 6.91. The molecular formula is C14H17F3N2O2. The molecule has 1 aromatic rings. The number of nitro groups is 1. The van der Waals surface area contributed by atoms with Crippen molar-refractivity contribution in [3.63, 3.8) is 0 Å². The number of nitrogens with zero attached hydrogens (tertiary/aromatic N) is 1. The second-order valence-corrected chi connectivity index (χ2v) is 5.46. The SMILES string of the molecule is CC(Nc1ccc([N+](=O)[O-])cc1C(F)(F)F)C1CCCC1. The summed E-state index contributed by atoms with van der Waals surface area (Å²) in [6.07, 6.45) is -0.416. The Labute approximate surface area is 120 Å². The first-order chi connectivity index (χ1) is 9.79. The third-order valence-electron chi connectivity index (χ3n) is 4.01. The molecule has 1 atom stereocenters. The maximum absolute atomic E-state index is 13.1. The van der Waals surface area contributed by atoms with E-state index in [1.165, 1.54) is 0 Å². The Kier molecular flexibility index (Phi) is 4.39. The van der Waals surface area contributed by atoms with Crippen LogP contribution in [0.1, 0.15) is 38.2 Å². The van der Waals surface area contributed by atoms with Crippen LogP contribution in [0.2, 0.25) is 0 Å². The molecule has 1 aliphatic carbocycles. The van der Waals surface area contributed by atoms with E-state index >= 15 is 0 Å². The molecule has 0 heterocycles. The fourth-order valence-corrected chi connectivity index (χ4v) is 2.83. The van der Waals surface area contributed by atoms with E-state index in [-0.39, 0.29) is 11.7 Å². The molecule has 0 radical (unpaired) electrons. The Bertz CT molecular complexity index is 525. The van der Waals surface area contributed by atoms with Gasteiger partial charge in [-0.25, -0.2) is 0 Å². The molecule has 1 N–H and O–H groups in total. The van der Waals surface area contributed by atoms with Crippen LogP contribution in [-0.4, -0.2) is 11.0 Å². The summed E-state index contributed by atoms with van der Waals surface area (Å²) < 4.78 is 39.2. The number of hydrogen-bond acceptors (Lipinski definition) is 3. The second-order valence-electron chi connectivity index (χ2n) is 5.46. The van der Waals surface area contributed by atoms with Crippen molar-refractivity contribution in [1.29, 1.82) is 0 Å². The van der Waals surface area contributed by atoms with Crippen molar-refractivity contribution in [2.24, 2.45) is 5.92 Å². The molecule has 1 fully saturated rings. The van der Waals surface area contributed by atoms with Crippen LogP contribution in [0.25, 0.3) is 0 Å². The average Bonchev–Trinajstić information content (AvgIpc) is 2.91. The van der Waals surface area contributed by atoms with Gasteiger partial charge in [-0.3, -0.25) is 10.1 Å². The Balaban J connectivity index is 2.27. The lowest BCUT2D eigenvalue weighted by Crippen LogP contribution is -2.25. The minimum absolute atomic E-state index is 0.0879. The van der Waals surface area contributed by atoms with E-state index in [9.17, 15) is 23.3 Å². The van der Waals surface area contributed by atoms with Crippen LogP contribution in [-0.2, 0) is 6.18 Å². The molecule has 0 bridgehead atoms. The molecule has 7 heteroatoms. The number of benzene rings is 1. The Morgan fingerprint density at radius 3 is 2.48 bits per heavy atom. The van der Waals surface area contributed by atoms with E-state index in [0.717, 1.165) is 37.8 Å². The monoisotopic (exact) mass is 302 g/mol. The van der Waals surface area contributed by atoms with Crippen molar-refractivity contribution in [3.05, 3.63) is 33.9 Å². The highest BCUT2D eigenvalue weighted by Crippen LogP contribution is 2.38. The molecular weight excluding hydrogens is 285 g/mol. The molecule has 4 nitrogen and oxygen atoms in total. The number of alkyl halides is 3. The van der Waals surface area contributed by atoms with Gasteiger partial charge in [0.1, 0.15) is 0 Å². The molecule has 21 heavy (non-hydrogen) atoms. The standard InChI is InChI=1S/C14H17F3N2O2/c1-9(10-4-2-3-5-10)18-13-7-6-11(19(20)21)8-12(13)14(15,16)17/h6-10,18H,2-5H2,1H3. The van der Waals surface area contributed by atoms with Crippen LogP contribution in [0.4, 0.5) is 24.5 Å². The lowest BCUT2D eigenvalue weighted by molar-refractivity contribution is -0.385. The van der Waals surface area contributed by atoms with Crippen LogP contribution in [0, 0.1) is 16.0 Å². The number of nitro benzene ring substituents is 1. The third kappa shape index (κ3) is 3.65. The maximum Gasteiger partial charge on any atom is 0.418 e. The molecule has 2 rings (SSSR count). The lowest BCUT2D eigenvalue weighted by atomic mass is 9.99. The zero-order chi connectivity index (χ0) is 15.6. The van der Waals surface area contributed by atoms with Crippen LogP contribution >= 0.6 is 0 Å². The zero-order valence-electron chi connectivity index (χ0n) is 11.6. The van der Waals surface area contributed by atoms with Gasteiger partial charge in [0.25, 0.3) is 5.69 Å². The van der Waals surface area contributed by atoms with Crippen LogP contribution in [0.3, 0.4) is 0 Å².